The van der Waals surface area contributed by atoms with Gasteiger partial charge in [0.2, 0.25) is 5.91 Å². The minimum absolute atomic E-state index is 0.106. The lowest BCUT2D eigenvalue weighted by Crippen LogP contribution is -2.58. The molecule has 170 valence electrons. The molecule has 2 N–H and O–H groups in total. The molecule has 1 aliphatic heterocycles. The molecule has 2 aromatic carbocycles. The molecule has 0 spiro atoms. The Kier molecular flexibility index (Phi) is 5.79. The second-order valence-electron chi connectivity index (χ2n) is 8.57. The van der Waals surface area contributed by atoms with Crippen LogP contribution in [0.2, 0.25) is 0 Å². The van der Waals surface area contributed by atoms with Crippen LogP contribution in [-0.4, -0.2) is 56.4 Å². The van der Waals surface area contributed by atoms with Gasteiger partial charge in [0.15, 0.2) is 0 Å². The summed E-state index contributed by atoms with van der Waals surface area (Å²) in [6.45, 7) is 2.56. The number of carbonyl (C=O) groups is 1. The molecule has 3 aromatic rings. The van der Waals surface area contributed by atoms with Crippen LogP contribution in [-0.2, 0) is 18.9 Å². The van der Waals surface area contributed by atoms with Crippen LogP contribution in [0.4, 0.5) is 10.1 Å². The molecule has 32 heavy (non-hydrogen) atoms. The molecule has 1 aromatic heterocycles. The highest BCUT2D eigenvalue weighted by molar-refractivity contribution is 5.94. The molecule has 9 heteroatoms. The molecule has 0 bridgehead atoms. The van der Waals surface area contributed by atoms with Gasteiger partial charge in [-0.15, -0.1) is 0 Å². The first-order chi connectivity index (χ1) is 15.1. The van der Waals surface area contributed by atoms with Crippen LogP contribution < -0.4 is 15.7 Å². The van der Waals surface area contributed by atoms with Crippen LogP contribution in [0.15, 0.2) is 47.3 Å². The fourth-order valence-corrected chi connectivity index (χ4v) is 4.26. The number of aromatic nitrogens is 2. The van der Waals surface area contributed by atoms with Crippen molar-refractivity contribution in [1.29, 1.82) is 0 Å². The highest BCUT2D eigenvalue weighted by atomic mass is 19.1. The average molecular weight is 442 g/mol. The number of imidazole rings is 1. The number of β-amino-alcohol motifs (C(OH)–C–C–N with tert-alkyl or cyclic N) is 1. The van der Waals surface area contributed by atoms with Gasteiger partial charge < -0.3 is 15.2 Å². The van der Waals surface area contributed by atoms with Crippen molar-refractivity contribution in [3.8, 4) is 5.75 Å². The molecule has 4 rings (SSSR count). The third kappa shape index (κ3) is 4.39. The van der Waals surface area contributed by atoms with Gasteiger partial charge in [0.25, 0.3) is 0 Å². The normalized spacial score (nSPS) is 21.6. The van der Waals surface area contributed by atoms with Crippen LogP contribution in [0.25, 0.3) is 11.0 Å². The van der Waals surface area contributed by atoms with Gasteiger partial charge in [0.1, 0.15) is 23.3 Å². The van der Waals surface area contributed by atoms with Crippen molar-refractivity contribution < 1.29 is 19.0 Å². The Morgan fingerprint density at radius 3 is 2.69 bits per heavy atom. The third-order valence-electron chi connectivity index (χ3n) is 5.94. The number of nitrogens with zero attached hydrogens (tertiary/aromatic N) is 3. The fourth-order valence-electron chi connectivity index (χ4n) is 4.26. The molecule has 1 aliphatic rings. The minimum Gasteiger partial charge on any atom is -0.487 e. The van der Waals surface area contributed by atoms with Crippen LogP contribution in [0.1, 0.15) is 13.3 Å². The van der Waals surface area contributed by atoms with E-state index in [9.17, 15) is 19.1 Å². The van der Waals surface area contributed by atoms with Crippen molar-refractivity contribution in [2.45, 2.75) is 25.0 Å². The summed E-state index contributed by atoms with van der Waals surface area (Å²) in [6.07, 6.45) is -0.0140. The number of benzene rings is 2. The molecule has 0 radical (unpaired) electrons. The van der Waals surface area contributed by atoms with E-state index in [4.69, 9.17) is 4.74 Å². The molecular weight excluding hydrogens is 415 g/mol. The van der Waals surface area contributed by atoms with Gasteiger partial charge in [0, 0.05) is 38.9 Å². The SMILES string of the molecule is Cn1c(=O)n(C)c2cc(NC(=O)CN3CC[C@H](Oc4cccc(F)c4)[C@@](C)(O)C3)ccc21. The molecule has 1 fully saturated rings. The number of halogens is 1. The quantitative estimate of drug-likeness (QED) is 0.630. The zero-order chi connectivity index (χ0) is 23.0. The van der Waals surface area contributed by atoms with Crippen LogP contribution in [0.5, 0.6) is 5.75 Å². The Morgan fingerprint density at radius 1 is 1.22 bits per heavy atom. The number of amides is 1. The molecule has 2 heterocycles. The van der Waals surface area contributed by atoms with Gasteiger partial charge >= 0.3 is 5.69 Å². The molecule has 1 saturated heterocycles. The van der Waals surface area contributed by atoms with Crippen LogP contribution in [0.3, 0.4) is 0 Å². The summed E-state index contributed by atoms with van der Waals surface area (Å²) in [5.74, 6) is -0.247. The largest absolute Gasteiger partial charge is 0.487 e. The molecular formula is C23H27FN4O4. The summed E-state index contributed by atoms with van der Waals surface area (Å²) in [5, 5.41) is 13.8. The number of anilines is 1. The van der Waals surface area contributed by atoms with Crippen molar-refractivity contribution in [3.05, 3.63) is 58.8 Å². The molecule has 0 unspecified atom stereocenters. The summed E-state index contributed by atoms with van der Waals surface area (Å²) in [4.78, 5) is 26.6. The maximum atomic E-state index is 13.4. The summed E-state index contributed by atoms with van der Waals surface area (Å²) in [5.41, 5.74) is 0.779. The van der Waals surface area contributed by atoms with E-state index in [0.29, 0.717) is 24.4 Å². The Hall–Kier alpha value is -3.17. The molecule has 0 aliphatic carbocycles. The number of likely N-dealkylation sites (tertiary alicyclic amines) is 1. The number of hydrogen-bond donors (Lipinski definition) is 2. The molecule has 8 nitrogen and oxygen atoms in total. The Labute approximate surface area is 184 Å². The fraction of sp³-hybridized carbons (Fsp3) is 0.391. The van der Waals surface area contributed by atoms with Crippen molar-refractivity contribution in [1.82, 2.24) is 14.0 Å². The maximum absolute atomic E-state index is 13.4. The van der Waals surface area contributed by atoms with E-state index in [2.05, 4.69) is 5.32 Å². The van der Waals surface area contributed by atoms with Crippen molar-refractivity contribution in [2.75, 3.05) is 25.0 Å². The number of nitrogens with one attached hydrogen (secondary N) is 1. The van der Waals surface area contributed by atoms with Crippen LogP contribution >= 0.6 is 0 Å². The summed E-state index contributed by atoms with van der Waals surface area (Å²) < 4.78 is 22.3. The molecule has 2 atom stereocenters. The zero-order valence-electron chi connectivity index (χ0n) is 18.3. The number of piperidine rings is 1. The molecule has 0 saturated carbocycles. The highest BCUT2D eigenvalue weighted by Crippen LogP contribution is 2.27. The number of ether oxygens (including phenoxy) is 1. The molecule has 1 amide bonds. The Morgan fingerprint density at radius 2 is 1.97 bits per heavy atom. The van der Waals surface area contributed by atoms with Gasteiger partial charge in [0.05, 0.1) is 17.6 Å². The third-order valence-corrected chi connectivity index (χ3v) is 5.94. The lowest BCUT2D eigenvalue weighted by Gasteiger charge is -2.42. The van der Waals surface area contributed by atoms with E-state index in [1.807, 2.05) is 4.90 Å². The second kappa shape index (κ2) is 8.40. The van der Waals surface area contributed by atoms with Crippen molar-refractivity contribution in [2.24, 2.45) is 14.1 Å². The van der Waals surface area contributed by atoms with Crippen molar-refractivity contribution >= 4 is 22.6 Å². The Balaban J connectivity index is 1.38. The minimum atomic E-state index is -1.20. The second-order valence-corrected chi connectivity index (χ2v) is 8.57. The van der Waals surface area contributed by atoms with Crippen molar-refractivity contribution in [3.63, 3.8) is 0 Å². The summed E-state index contributed by atoms with van der Waals surface area (Å²) >= 11 is 0. The number of carbonyl (C=O) groups excluding carboxylic acids is 1. The van der Waals surface area contributed by atoms with E-state index in [1.165, 1.54) is 16.7 Å². The average Bonchev–Trinajstić information content (AvgIpc) is 2.93. The number of rotatable bonds is 5. The monoisotopic (exact) mass is 442 g/mol. The lowest BCUT2D eigenvalue weighted by atomic mass is 9.91. The number of aliphatic hydroxyl groups is 1. The smallest absolute Gasteiger partial charge is 0.328 e. The van der Waals surface area contributed by atoms with Crippen LogP contribution in [0, 0.1) is 5.82 Å². The standard InChI is InChI=1S/C23H27FN4O4/c1-23(31)14-28(10-9-20(23)32-17-6-4-5-15(24)11-17)13-21(29)25-16-7-8-18-19(12-16)27(3)22(30)26(18)2/h4-8,11-12,20,31H,9-10,13-14H2,1-3H3,(H,25,29)/t20-,23-/m0/s1. The van der Waals surface area contributed by atoms with Gasteiger partial charge in [-0.25, -0.2) is 9.18 Å². The van der Waals surface area contributed by atoms with E-state index < -0.39 is 17.5 Å². The lowest BCUT2D eigenvalue weighted by molar-refractivity contribution is -0.123. The van der Waals surface area contributed by atoms with E-state index >= 15 is 0 Å². The number of fused-ring (bicyclic) bond motifs is 1. The van der Waals surface area contributed by atoms with Gasteiger partial charge in [-0.2, -0.15) is 0 Å². The topological polar surface area (TPSA) is 88.7 Å². The van der Waals surface area contributed by atoms with E-state index in [-0.39, 0.29) is 24.7 Å². The zero-order valence-corrected chi connectivity index (χ0v) is 18.3. The Bertz CT molecular complexity index is 1220. The predicted octanol–water partition coefficient (Wildman–Crippen LogP) is 1.86. The number of aryl methyl sites for hydroxylation is 2. The highest BCUT2D eigenvalue weighted by Gasteiger charge is 2.40. The first-order valence-electron chi connectivity index (χ1n) is 10.5. The van der Waals surface area contributed by atoms with Gasteiger partial charge in [-0.3, -0.25) is 18.8 Å². The van der Waals surface area contributed by atoms with Gasteiger partial charge in [-0.1, -0.05) is 6.07 Å². The number of hydrogen-bond acceptors (Lipinski definition) is 5. The van der Waals surface area contributed by atoms with E-state index in [0.717, 1.165) is 11.0 Å². The van der Waals surface area contributed by atoms with Gasteiger partial charge in [-0.05, 0) is 43.7 Å². The van der Waals surface area contributed by atoms with E-state index in [1.54, 1.807) is 55.9 Å². The predicted molar refractivity (Wildman–Crippen MR) is 119 cm³/mol. The summed E-state index contributed by atoms with van der Waals surface area (Å²) in [7, 11) is 3.39. The maximum Gasteiger partial charge on any atom is 0.328 e. The summed E-state index contributed by atoms with van der Waals surface area (Å²) in [6, 6.07) is 11.2. The first-order valence-corrected chi connectivity index (χ1v) is 10.5. The first kappa shape index (κ1) is 22.0.